The highest BCUT2D eigenvalue weighted by Gasteiger charge is 2.28. The molecule has 1 atom stereocenters. The predicted octanol–water partition coefficient (Wildman–Crippen LogP) is 3.52. The first-order valence-corrected chi connectivity index (χ1v) is 8.70. The number of carbonyl (C=O) groups is 1. The molecular formula is C19H20F3N3O3. The Bertz CT molecular complexity index is 843. The number of aryl methyl sites for hydroxylation is 1. The molecule has 28 heavy (non-hydrogen) atoms. The topological polar surface area (TPSA) is 72.5 Å². The molecule has 0 spiro atoms. The summed E-state index contributed by atoms with van der Waals surface area (Å²) in [7, 11) is 1.61. The van der Waals surface area contributed by atoms with Crippen LogP contribution in [0.3, 0.4) is 0 Å². The minimum atomic E-state index is -4.43. The lowest BCUT2D eigenvalue weighted by atomic mass is 10.1. The van der Waals surface area contributed by atoms with E-state index in [0.29, 0.717) is 5.56 Å². The maximum atomic E-state index is 12.2. The van der Waals surface area contributed by atoms with Crippen LogP contribution in [-0.2, 0) is 13.0 Å². The van der Waals surface area contributed by atoms with Gasteiger partial charge in [-0.15, -0.1) is 0 Å². The Kier molecular flexibility index (Phi) is 5.91. The number of urea groups is 1. The first-order valence-electron chi connectivity index (χ1n) is 8.70. The minimum absolute atomic E-state index is 0.0935. The molecule has 6 nitrogen and oxygen atoms in total. The van der Waals surface area contributed by atoms with E-state index in [4.69, 9.17) is 4.74 Å². The normalized spacial score (nSPS) is 15.6. The number of fused-ring (bicyclic) bond motifs is 1. The summed E-state index contributed by atoms with van der Waals surface area (Å²) in [4.78, 5) is 15.9. The number of alkyl halides is 3. The Morgan fingerprint density at radius 1 is 1.29 bits per heavy atom. The van der Waals surface area contributed by atoms with E-state index in [9.17, 15) is 18.0 Å². The van der Waals surface area contributed by atoms with E-state index in [2.05, 4.69) is 20.4 Å². The van der Waals surface area contributed by atoms with Gasteiger partial charge in [-0.05, 0) is 47.7 Å². The number of carbonyl (C=O) groups excluding carboxylic acids is 1. The summed E-state index contributed by atoms with van der Waals surface area (Å²) < 4.78 is 46.5. The molecule has 0 radical (unpaired) electrons. The van der Waals surface area contributed by atoms with Crippen LogP contribution >= 0.6 is 0 Å². The van der Waals surface area contributed by atoms with Crippen LogP contribution in [0.2, 0.25) is 0 Å². The molecule has 1 aliphatic rings. The number of nitrogens with zero attached hydrogens (tertiary/aromatic N) is 1. The highest BCUT2D eigenvalue weighted by Crippen LogP contribution is 2.33. The zero-order valence-corrected chi connectivity index (χ0v) is 15.2. The van der Waals surface area contributed by atoms with Gasteiger partial charge in [-0.3, -0.25) is 0 Å². The van der Waals surface area contributed by atoms with E-state index in [1.807, 2.05) is 18.2 Å². The van der Waals surface area contributed by atoms with Crippen LogP contribution in [0.5, 0.6) is 11.6 Å². The lowest BCUT2D eigenvalue weighted by Gasteiger charge is -2.15. The number of hydrogen-bond acceptors (Lipinski definition) is 4. The smallest absolute Gasteiger partial charge is 0.422 e. The van der Waals surface area contributed by atoms with Gasteiger partial charge in [0.1, 0.15) is 5.75 Å². The minimum Gasteiger partial charge on any atom is -0.497 e. The fraction of sp³-hybridized carbons (Fsp3) is 0.368. The summed E-state index contributed by atoms with van der Waals surface area (Å²) in [6, 6.07) is 8.28. The van der Waals surface area contributed by atoms with Crippen molar-refractivity contribution in [2.45, 2.75) is 31.6 Å². The second-order valence-corrected chi connectivity index (χ2v) is 6.39. The number of benzene rings is 1. The van der Waals surface area contributed by atoms with Crippen LogP contribution < -0.4 is 20.1 Å². The summed E-state index contributed by atoms with van der Waals surface area (Å²) in [5.74, 6) is 0.640. The molecule has 1 aromatic heterocycles. The Hall–Kier alpha value is -2.97. The van der Waals surface area contributed by atoms with Crippen LogP contribution in [0.1, 0.15) is 29.2 Å². The molecule has 1 unspecified atom stereocenters. The van der Waals surface area contributed by atoms with Crippen molar-refractivity contribution < 1.29 is 27.4 Å². The molecule has 0 saturated carbocycles. The number of ether oxygens (including phenoxy) is 2. The number of amides is 2. The van der Waals surface area contributed by atoms with Crippen molar-refractivity contribution in [3.05, 3.63) is 53.2 Å². The summed E-state index contributed by atoms with van der Waals surface area (Å²) in [5, 5.41) is 5.61. The summed E-state index contributed by atoms with van der Waals surface area (Å²) in [5.41, 5.74) is 2.78. The number of pyridine rings is 1. The molecule has 2 aromatic rings. The van der Waals surface area contributed by atoms with Crippen LogP contribution in [0.4, 0.5) is 18.0 Å². The molecule has 1 aromatic carbocycles. The van der Waals surface area contributed by atoms with Crippen molar-refractivity contribution in [2.75, 3.05) is 13.7 Å². The summed E-state index contributed by atoms with van der Waals surface area (Å²) in [6.07, 6.45) is -1.46. The molecule has 9 heteroatoms. The molecule has 3 rings (SSSR count). The number of rotatable bonds is 6. The van der Waals surface area contributed by atoms with E-state index in [0.717, 1.165) is 29.7 Å². The van der Waals surface area contributed by atoms with E-state index in [1.54, 1.807) is 13.2 Å². The molecule has 0 bridgehead atoms. The predicted molar refractivity (Wildman–Crippen MR) is 95.2 cm³/mol. The van der Waals surface area contributed by atoms with Crippen molar-refractivity contribution >= 4 is 6.03 Å². The van der Waals surface area contributed by atoms with Gasteiger partial charge in [0.2, 0.25) is 5.88 Å². The monoisotopic (exact) mass is 395 g/mol. The van der Waals surface area contributed by atoms with Crippen LogP contribution in [0, 0.1) is 0 Å². The number of hydrogen-bond donors (Lipinski definition) is 2. The maximum Gasteiger partial charge on any atom is 0.422 e. The van der Waals surface area contributed by atoms with Crippen LogP contribution in [-0.4, -0.2) is 30.9 Å². The van der Waals surface area contributed by atoms with Crippen molar-refractivity contribution in [3.8, 4) is 11.6 Å². The lowest BCUT2D eigenvalue weighted by Crippen LogP contribution is -2.36. The van der Waals surface area contributed by atoms with E-state index >= 15 is 0 Å². The molecule has 150 valence electrons. The van der Waals surface area contributed by atoms with Gasteiger partial charge in [0.05, 0.1) is 13.2 Å². The van der Waals surface area contributed by atoms with Crippen molar-refractivity contribution in [1.29, 1.82) is 0 Å². The van der Waals surface area contributed by atoms with Gasteiger partial charge >= 0.3 is 12.2 Å². The van der Waals surface area contributed by atoms with Gasteiger partial charge in [0, 0.05) is 18.8 Å². The Morgan fingerprint density at radius 2 is 2.11 bits per heavy atom. The average Bonchev–Trinajstić information content (AvgIpc) is 3.06. The van der Waals surface area contributed by atoms with Gasteiger partial charge in [-0.1, -0.05) is 6.07 Å². The lowest BCUT2D eigenvalue weighted by molar-refractivity contribution is -0.154. The van der Waals surface area contributed by atoms with Crippen molar-refractivity contribution in [2.24, 2.45) is 0 Å². The summed E-state index contributed by atoms with van der Waals surface area (Å²) in [6.45, 7) is -1.28. The Balaban J connectivity index is 1.52. The van der Waals surface area contributed by atoms with Gasteiger partial charge < -0.3 is 20.1 Å². The second-order valence-electron chi connectivity index (χ2n) is 6.39. The van der Waals surface area contributed by atoms with Crippen LogP contribution in [0.15, 0.2) is 36.5 Å². The molecule has 0 aliphatic heterocycles. The largest absolute Gasteiger partial charge is 0.497 e. The average molecular weight is 395 g/mol. The maximum absolute atomic E-state index is 12.2. The first kappa shape index (κ1) is 19.8. The quantitative estimate of drug-likeness (QED) is 0.785. The molecule has 0 saturated heterocycles. The highest BCUT2D eigenvalue weighted by molar-refractivity contribution is 5.74. The Labute approximate surface area is 160 Å². The molecule has 2 N–H and O–H groups in total. The number of nitrogens with one attached hydrogen (secondary N) is 2. The Morgan fingerprint density at radius 3 is 2.86 bits per heavy atom. The van der Waals surface area contributed by atoms with Gasteiger partial charge in [-0.25, -0.2) is 9.78 Å². The zero-order valence-electron chi connectivity index (χ0n) is 15.2. The first-order chi connectivity index (χ1) is 13.3. The van der Waals surface area contributed by atoms with E-state index in [-0.39, 0.29) is 24.5 Å². The fourth-order valence-electron chi connectivity index (χ4n) is 3.06. The molecule has 1 aliphatic carbocycles. The standard InChI is InChI=1S/C19H20F3N3O3/c1-27-14-3-4-15-13(9-14)2-5-16(15)25-18(26)24-10-12-6-7-23-17(8-12)28-11-19(20,21)22/h3-4,6-9,16H,2,5,10-11H2,1H3,(H2,24,25,26). The van der Waals surface area contributed by atoms with Crippen molar-refractivity contribution in [1.82, 2.24) is 15.6 Å². The number of halogens is 3. The molecule has 1 heterocycles. The second kappa shape index (κ2) is 8.37. The third-order valence-corrected chi connectivity index (χ3v) is 4.37. The van der Waals surface area contributed by atoms with Gasteiger partial charge in [-0.2, -0.15) is 13.2 Å². The molecule has 0 fully saturated rings. The highest BCUT2D eigenvalue weighted by atomic mass is 19.4. The fourth-order valence-corrected chi connectivity index (χ4v) is 3.06. The zero-order chi connectivity index (χ0) is 20.1. The molecule has 2 amide bonds. The van der Waals surface area contributed by atoms with E-state index in [1.165, 1.54) is 12.3 Å². The SMILES string of the molecule is COc1ccc2c(c1)CCC2NC(=O)NCc1ccnc(OCC(F)(F)F)c1. The third-order valence-electron chi connectivity index (χ3n) is 4.37. The molecular weight excluding hydrogens is 375 g/mol. The van der Waals surface area contributed by atoms with Crippen molar-refractivity contribution in [3.63, 3.8) is 0 Å². The van der Waals surface area contributed by atoms with E-state index < -0.39 is 12.8 Å². The summed E-state index contributed by atoms with van der Waals surface area (Å²) >= 11 is 0. The third kappa shape index (κ3) is 5.28. The van der Waals surface area contributed by atoms with Gasteiger partial charge in [0.25, 0.3) is 0 Å². The van der Waals surface area contributed by atoms with Gasteiger partial charge in [0.15, 0.2) is 6.61 Å². The van der Waals surface area contributed by atoms with Crippen LogP contribution in [0.25, 0.3) is 0 Å². The number of methoxy groups -OCH3 is 1. The number of aromatic nitrogens is 1.